The summed E-state index contributed by atoms with van der Waals surface area (Å²) in [7, 11) is 0. The lowest BCUT2D eigenvalue weighted by molar-refractivity contribution is -0.137. The summed E-state index contributed by atoms with van der Waals surface area (Å²) < 4.78 is 38.2. The van der Waals surface area contributed by atoms with Crippen LogP contribution in [0.2, 0.25) is 0 Å². The van der Waals surface area contributed by atoms with Crippen molar-refractivity contribution in [2.75, 3.05) is 0 Å². The van der Waals surface area contributed by atoms with Crippen LogP contribution in [-0.2, 0) is 11.0 Å². The van der Waals surface area contributed by atoms with E-state index < -0.39 is 11.7 Å². The van der Waals surface area contributed by atoms with Crippen molar-refractivity contribution < 1.29 is 18.0 Å². The van der Waals surface area contributed by atoms with Crippen LogP contribution in [0, 0.1) is 0 Å². The second-order valence-corrected chi connectivity index (χ2v) is 5.74. The number of aromatic nitrogens is 1. The lowest BCUT2D eigenvalue weighted by Crippen LogP contribution is -2.11. The fourth-order valence-corrected chi connectivity index (χ4v) is 2.69. The van der Waals surface area contributed by atoms with Gasteiger partial charge in [-0.15, -0.1) is 0 Å². The molecule has 1 saturated carbocycles. The molecule has 3 rings (SSSR count). The maximum atomic E-state index is 12.7. The summed E-state index contributed by atoms with van der Waals surface area (Å²) in [6.45, 7) is 0. The highest BCUT2D eigenvalue weighted by Crippen LogP contribution is 2.29. The molecule has 1 aliphatic rings. The van der Waals surface area contributed by atoms with E-state index in [9.17, 15) is 13.2 Å². The maximum Gasteiger partial charge on any atom is 0.416 e. The van der Waals surface area contributed by atoms with Crippen LogP contribution < -0.4 is 0 Å². The lowest BCUT2D eigenvalue weighted by Gasteiger charge is -2.11. The van der Waals surface area contributed by atoms with Crippen LogP contribution in [-0.4, -0.2) is 16.8 Å². The van der Waals surface area contributed by atoms with Gasteiger partial charge in [0.15, 0.2) is 0 Å². The van der Waals surface area contributed by atoms with E-state index in [2.05, 4.69) is 10.1 Å². The summed E-state index contributed by atoms with van der Waals surface area (Å²) in [5, 5.41) is 4.21. The van der Waals surface area contributed by atoms with Crippen LogP contribution in [0.5, 0.6) is 0 Å². The van der Waals surface area contributed by atoms with Gasteiger partial charge in [0.25, 0.3) is 0 Å². The van der Waals surface area contributed by atoms with E-state index in [1.54, 1.807) is 24.4 Å². The normalized spacial score (nSPS) is 16.4. The summed E-state index contributed by atoms with van der Waals surface area (Å²) in [5.41, 5.74) is 0.856. The monoisotopic (exact) mass is 334 g/mol. The number of halogens is 3. The quantitative estimate of drug-likeness (QED) is 0.594. The number of benzene rings is 1. The highest BCUT2D eigenvalue weighted by molar-refractivity contribution is 6.11. The summed E-state index contributed by atoms with van der Waals surface area (Å²) in [6, 6.07) is 10.2. The van der Waals surface area contributed by atoms with Gasteiger partial charge in [-0.2, -0.15) is 13.2 Å². The topological polar surface area (TPSA) is 34.5 Å². The first-order valence-corrected chi connectivity index (χ1v) is 7.87. The van der Waals surface area contributed by atoms with E-state index >= 15 is 0 Å². The van der Waals surface area contributed by atoms with Crippen LogP contribution >= 0.6 is 0 Å². The molecule has 24 heavy (non-hydrogen) atoms. The van der Waals surface area contributed by atoms with Gasteiger partial charge in [-0.05, 0) is 49.9 Å². The van der Waals surface area contributed by atoms with Crippen molar-refractivity contribution in [2.24, 2.45) is 5.16 Å². The summed E-state index contributed by atoms with van der Waals surface area (Å²) in [6.07, 6.45) is 1.45. The minimum atomic E-state index is -4.36. The van der Waals surface area contributed by atoms with E-state index in [4.69, 9.17) is 4.84 Å². The van der Waals surface area contributed by atoms with Crippen molar-refractivity contribution in [3.05, 3.63) is 65.5 Å². The zero-order chi connectivity index (χ0) is 17.0. The summed E-state index contributed by atoms with van der Waals surface area (Å²) in [5.74, 6) is 0. The predicted octanol–water partition coefficient (Wildman–Crippen LogP) is 4.81. The predicted molar refractivity (Wildman–Crippen MR) is 84.7 cm³/mol. The van der Waals surface area contributed by atoms with E-state index in [-0.39, 0.29) is 6.10 Å². The Morgan fingerprint density at radius 3 is 2.33 bits per heavy atom. The van der Waals surface area contributed by atoms with Gasteiger partial charge in [0.05, 0.1) is 11.3 Å². The molecule has 1 aliphatic carbocycles. The van der Waals surface area contributed by atoms with Crippen molar-refractivity contribution in [3.8, 4) is 0 Å². The Hall–Kier alpha value is -2.37. The Morgan fingerprint density at radius 2 is 1.75 bits per heavy atom. The molecule has 0 bridgehead atoms. The molecule has 1 aromatic heterocycles. The van der Waals surface area contributed by atoms with Gasteiger partial charge in [0.2, 0.25) is 0 Å². The average Bonchev–Trinajstić information content (AvgIpc) is 3.09. The molecule has 0 radical (unpaired) electrons. The van der Waals surface area contributed by atoms with Crippen molar-refractivity contribution in [1.29, 1.82) is 0 Å². The molecule has 0 atom stereocenters. The second-order valence-electron chi connectivity index (χ2n) is 5.74. The third kappa shape index (κ3) is 3.93. The van der Waals surface area contributed by atoms with Crippen molar-refractivity contribution >= 4 is 5.71 Å². The molecule has 1 fully saturated rings. The van der Waals surface area contributed by atoms with E-state index in [0.717, 1.165) is 37.8 Å². The fourth-order valence-electron chi connectivity index (χ4n) is 2.69. The molecule has 0 spiro atoms. The minimum Gasteiger partial charge on any atom is -0.392 e. The maximum absolute atomic E-state index is 12.7. The van der Waals surface area contributed by atoms with Crippen LogP contribution in [0.4, 0.5) is 13.2 Å². The Balaban J connectivity index is 1.90. The molecular weight excluding hydrogens is 317 g/mol. The Morgan fingerprint density at radius 1 is 1.04 bits per heavy atom. The first kappa shape index (κ1) is 16.5. The standard InChI is InChI=1S/C18H17F3N2O/c19-18(20,21)14-10-8-13(9-11-14)17(16-7-3-4-12-22-16)23-24-15-5-1-2-6-15/h3-4,7-12,15H,1-2,5-6H2/b23-17+. The Bertz CT molecular complexity index is 690. The number of nitrogens with zero attached hydrogens (tertiary/aromatic N) is 2. The molecule has 1 aromatic carbocycles. The molecule has 0 amide bonds. The number of alkyl halides is 3. The van der Waals surface area contributed by atoms with Gasteiger partial charge in [-0.1, -0.05) is 23.4 Å². The van der Waals surface area contributed by atoms with Crippen LogP contribution in [0.15, 0.2) is 53.8 Å². The zero-order valence-electron chi connectivity index (χ0n) is 13.0. The van der Waals surface area contributed by atoms with E-state index in [0.29, 0.717) is 17.0 Å². The zero-order valence-corrected chi connectivity index (χ0v) is 13.0. The lowest BCUT2D eigenvalue weighted by atomic mass is 10.0. The first-order chi connectivity index (χ1) is 11.5. The molecule has 0 saturated heterocycles. The number of pyridine rings is 1. The van der Waals surface area contributed by atoms with Crippen molar-refractivity contribution in [2.45, 2.75) is 38.0 Å². The summed E-state index contributed by atoms with van der Waals surface area (Å²) in [4.78, 5) is 9.84. The SMILES string of the molecule is FC(F)(F)c1ccc(/C(=N\OC2CCCC2)c2ccccn2)cc1. The number of hydrogen-bond donors (Lipinski definition) is 0. The fraction of sp³-hybridized carbons (Fsp3) is 0.333. The first-order valence-electron chi connectivity index (χ1n) is 7.87. The van der Waals surface area contributed by atoms with Crippen molar-refractivity contribution in [3.63, 3.8) is 0 Å². The van der Waals surface area contributed by atoms with Crippen LogP contribution in [0.1, 0.15) is 42.5 Å². The van der Waals surface area contributed by atoms with E-state index in [1.165, 1.54) is 12.1 Å². The largest absolute Gasteiger partial charge is 0.416 e. The van der Waals surface area contributed by atoms with Gasteiger partial charge in [0.1, 0.15) is 11.8 Å². The Labute approximate surface area is 138 Å². The molecule has 6 heteroatoms. The highest BCUT2D eigenvalue weighted by Gasteiger charge is 2.30. The second kappa shape index (κ2) is 7.03. The number of hydrogen-bond acceptors (Lipinski definition) is 3. The Kier molecular flexibility index (Phi) is 4.83. The molecule has 1 heterocycles. The minimum absolute atomic E-state index is 0.0677. The molecule has 126 valence electrons. The van der Waals surface area contributed by atoms with Gasteiger partial charge < -0.3 is 4.84 Å². The van der Waals surface area contributed by atoms with Crippen LogP contribution in [0.3, 0.4) is 0 Å². The summed E-state index contributed by atoms with van der Waals surface area (Å²) >= 11 is 0. The molecular formula is C18H17F3N2O. The molecule has 3 nitrogen and oxygen atoms in total. The third-order valence-electron chi connectivity index (χ3n) is 3.99. The number of rotatable bonds is 4. The number of oxime groups is 1. The smallest absolute Gasteiger partial charge is 0.392 e. The van der Waals surface area contributed by atoms with Gasteiger partial charge in [-0.3, -0.25) is 4.98 Å². The molecule has 0 aliphatic heterocycles. The van der Waals surface area contributed by atoms with E-state index in [1.807, 2.05) is 0 Å². The van der Waals surface area contributed by atoms with Crippen LogP contribution in [0.25, 0.3) is 0 Å². The highest BCUT2D eigenvalue weighted by atomic mass is 19.4. The van der Waals surface area contributed by atoms with Gasteiger partial charge in [0, 0.05) is 11.8 Å². The third-order valence-corrected chi connectivity index (χ3v) is 3.99. The molecule has 0 N–H and O–H groups in total. The molecule has 2 aromatic rings. The van der Waals surface area contributed by atoms with Gasteiger partial charge in [-0.25, -0.2) is 0 Å². The van der Waals surface area contributed by atoms with Crippen molar-refractivity contribution in [1.82, 2.24) is 4.98 Å². The molecule has 0 unspecified atom stereocenters. The average molecular weight is 334 g/mol. The van der Waals surface area contributed by atoms with Gasteiger partial charge >= 0.3 is 6.18 Å².